The first kappa shape index (κ1) is 11.2. The van der Waals surface area contributed by atoms with E-state index in [-0.39, 0.29) is 6.04 Å². The van der Waals surface area contributed by atoms with Crippen molar-refractivity contribution in [2.24, 2.45) is 16.8 Å². The van der Waals surface area contributed by atoms with E-state index in [1.165, 1.54) is 5.01 Å². The van der Waals surface area contributed by atoms with Crippen molar-refractivity contribution in [3.8, 4) is 5.75 Å². The van der Waals surface area contributed by atoms with Crippen LogP contribution < -0.4 is 16.4 Å². The molecule has 0 spiro atoms. The normalized spacial score (nSPS) is 22.6. The molecule has 86 valence electrons. The first-order valence-corrected chi connectivity index (χ1v) is 5.68. The Bertz CT molecular complexity index is 435. The van der Waals surface area contributed by atoms with Gasteiger partial charge < -0.3 is 10.6 Å². The van der Waals surface area contributed by atoms with Crippen LogP contribution in [-0.4, -0.2) is 23.5 Å². The smallest absolute Gasteiger partial charge is 0.173 e. The lowest BCUT2D eigenvalue weighted by molar-refractivity contribution is 0.220. The van der Waals surface area contributed by atoms with Crippen LogP contribution in [0, 0.1) is 0 Å². The SMILES string of the molecule is CC1COc2c(Br)cccc2/C(=N/N)N1N. The van der Waals surface area contributed by atoms with Crippen molar-refractivity contribution in [3.05, 3.63) is 28.2 Å². The van der Waals surface area contributed by atoms with E-state index in [1.54, 1.807) is 0 Å². The molecular weight excluding hydrogens is 272 g/mol. The number of fused-ring (bicyclic) bond motifs is 1. The molecule has 1 aliphatic rings. The molecule has 1 heterocycles. The summed E-state index contributed by atoms with van der Waals surface area (Å²) in [4.78, 5) is 0. The summed E-state index contributed by atoms with van der Waals surface area (Å²) < 4.78 is 6.56. The maximum atomic E-state index is 5.93. The van der Waals surface area contributed by atoms with Crippen LogP contribution in [-0.2, 0) is 0 Å². The van der Waals surface area contributed by atoms with Gasteiger partial charge in [0, 0.05) is 0 Å². The van der Waals surface area contributed by atoms with Gasteiger partial charge >= 0.3 is 0 Å². The van der Waals surface area contributed by atoms with Gasteiger partial charge in [0.1, 0.15) is 12.4 Å². The second-order valence-electron chi connectivity index (χ2n) is 3.64. The van der Waals surface area contributed by atoms with Crippen LogP contribution in [0.15, 0.2) is 27.8 Å². The zero-order valence-corrected chi connectivity index (χ0v) is 10.4. The van der Waals surface area contributed by atoms with Gasteiger partial charge in [0.25, 0.3) is 0 Å². The molecule has 0 saturated carbocycles. The molecule has 1 aromatic rings. The summed E-state index contributed by atoms with van der Waals surface area (Å²) in [5.41, 5.74) is 0.795. The number of hydrogen-bond donors (Lipinski definition) is 2. The summed E-state index contributed by atoms with van der Waals surface area (Å²) in [6, 6.07) is 5.69. The summed E-state index contributed by atoms with van der Waals surface area (Å²) in [6.45, 7) is 2.44. The minimum atomic E-state index is 0.0154. The monoisotopic (exact) mass is 284 g/mol. The predicted octanol–water partition coefficient (Wildman–Crippen LogP) is 1.03. The highest BCUT2D eigenvalue weighted by molar-refractivity contribution is 9.10. The van der Waals surface area contributed by atoms with E-state index in [4.69, 9.17) is 16.4 Å². The zero-order chi connectivity index (χ0) is 11.7. The highest BCUT2D eigenvalue weighted by atomic mass is 79.9. The molecule has 0 amide bonds. The molecule has 0 aromatic heterocycles. The van der Waals surface area contributed by atoms with E-state index in [0.717, 1.165) is 15.8 Å². The van der Waals surface area contributed by atoms with Gasteiger partial charge in [-0.05, 0) is 35.0 Å². The number of rotatable bonds is 0. The second-order valence-corrected chi connectivity index (χ2v) is 4.49. The van der Waals surface area contributed by atoms with E-state index in [0.29, 0.717) is 12.4 Å². The Kier molecular flexibility index (Phi) is 3.02. The third-order valence-electron chi connectivity index (χ3n) is 2.52. The van der Waals surface area contributed by atoms with Crippen LogP contribution in [0.1, 0.15) is 12.5 Å². The number of halogens is 1. The van der Waals surface area contributed by atoms with Crippen LogP contribution in [0.5, 0.6) is 5.75 Å². The van der Waals surface area contributed by atoms with E-state index in [9.17, 15) is 0 Å². The summed E-state index contributed by atoms with van der Waals surface area (Å²) in [5.74, 6) is 12.6. The number of amidine groups is 1. The van der Waals surface area contributed by atoms with Crippen LogP contribution >= 0.6 is 15.9 Å². The molecule has 1 unspecified atom stereocenters. The van der Waals surface area contributed by atoms with Crippen molar-refractivity contribution in [3.63, 3.8) is 0 Å². The van der Waals surface area contributed by atoms with Crippen molar-refractivity contribution < 1.29 is 4.74 Å². The first-order valence-electron chi connectivity index (χ1n) is 4.88. The molecule has 6 heteroatoms. The van der Waals surface area contributed by atoms with Crippen LogP contribution in [0.3, 0.4) is 0 Å². The lowest BCUT2D eigenvalue weighted by atomic mass is 10.2. The minimum Gasteiger partial charge on any atom is -0.489 e. The predicted molar refractivity (Wildman–Crippen MR) is 65.8 cm³/mol. The molecule has 4 N–H and O–H groups in total. The Balaban J connectivity index is 2.58. The van der Waals surface area contributed by atoms with Crippen molar-refractivity contribution in [2.45, 2.75) is 13.0 Å². The van der Waals surface area contributed by atoms with E-state index >= 15 is 0 Å². The maximum absolute atomic E-state index is 5.93. The van der Waals surface area contributed by atoms with Gasteiger partial charge in [-0.2, -0.15) is 5.10 Å². The third kappa shape index (κ3) is 1.74. The minimum absolute atomic E-state index is 0.0154. The second kappa shape index (κ2) is 4.31. The molecule has 0 saturated heterocycles. The number of nitrogens with zero attached hydrogens (tertiary/aromatic N) is 2. The van der Waals surface area contributed by atoms with Crippen molar-refractivity contribution in [1.29, 1.82) is 0 Å². The molecule has 1 atom stereocenters. The topological polar surface area (TPSA) is 76.9 Å². The molecule has 0 bridgehead atoms. The van der Waals surface area contributed by atoms with Gasteiger partial charge in [-0.15, -0.1) is 0 Å². The zero-order valence-electron chi connectivity index (χ0n) is 8.85. The Morgan fingerprint density at radius 3 is 3.00 bits per heavy atom. The van der Waals surface area contributed by atoms with Crippen LogP contribution in [0.4, 0.5) is 0 Å². The molecule has 0 aliphatic carbocycles. The fraction of sp³-hybridized carbons (Fsp3) is 0.300. The number of hydrazone groups is 1. The molecule has 5 nitrogen and oxygen atoms in total. The van der Waals surface area contributed by atoms with Gasteiger partial charge in [0.2, 0.25) is 0 Å². The van der Waals surface area contributed by atoms with Crippen LogP contribution in [0.2, 0.25) is 0 Å². The van der Waals surface area contributed by atoms with E-state index in [2.05, 4.69) is 21.0 Å². The van der Waals surface area contributed by atoms with Crippen molar-refractivity contribution >= 4 is 21.8 Å². The van der Waals surface area contributed by atoms with E-state index < -0.39 is 0 Å². The number of benzene rings is 1. The lowest BCUT2D eigenvalue weighted by Gasteiger charge is -2.22. The summed E-state index contributed by atoms with van der Waals surface area (Å²) in [5, 5.41) is 5.26. The van der Waals surface area contributed by atoms with Gasteiger partial charge in [-0.25, -0.2) is 5.84 Å². The van der Waals surface area contributed by atoms with Gasteiger partial charge in [-0.1, -0.05) is 6.07 Å². The fourth-order valence-corrected chi connectivity index (χ4v) is 2.08. The Hall–Kier alpha value is -1.27. The largest absolute Gasteiger partial charge is 0.489 e. The first-order chi connectivity index (χ1) is 7.65. The highest BCUT2D eigenvalue weighted by Gasteiger charge is 2.25. The molecule has 1 aliphatic heterocycles. The number of para-hydroxylation sites is 1. The van der Waals surface area contributed by atoms with Crippen molar-refractivity contribution in [1.82, 2.24) is 5.01 Å². The highest BCUT2D eigenvalue weighted by Crippen LogP contribution is 2.32. The number of ether oxygens (including phenoxy) is 1. The molecule has 16 heavy (non-hydrogen) atoms. The molecule has 0 radical (unpaired) electrons. The maximum Gasteiger partial charge on any atom is 0.173 e. The Morgan fingerprint density at radius 1 is 1.56 bits per heavy atom. The number of hydrogen-bond acceptors (Lipinski definition) is 4. The molecule has 0 fully saturated rings. The molecule has 1 aromatic carbocycles. The lowest BCUT2D eigenvalue weighted by Crippen LogP contribution is -2.46. The quantitative estimate of drug-likeness (QED) is 0.551. The Morgan fingerprint density at radius 2 is 2.31 bits per heavy atom. The summed E-state index contributed by atoms with van der Waals surface area (Å²) in [6.07, 6.45) is 0. The van der Waals surface area contributed by atoms with E-state index in [1.807, 2.05) is 25.1 Å². The van der Waals surface area contributed by atoms with Gasteiger partial charge in [0.05, 0.1) is 16.1 Å². The fourth-order valence-electron chi connectivity index (χ4n) is 1.60. The van der Waals surface area contributed by atoms with Gasteiger partial charge in [0.15, 0.2) is 5.84 Å². The van der Waals surface area contributed by atoms with Crippen LogP contribution in [0.25, 0.3) is 0 Å². The number of nitrogens with two attached hydrogens (primary N) is 2. The standard InChI is InChI=1S/C10H13BrN4O/c1-6-5-16-9-7(3-2-4-8(9)11)10(14-12)15(6)13/h2-4,6H,5,12-13H2,1H3/b14-10-. The Labute approximate surface area is 102 Å². The third-order valence-corrected chi connectivity index (χ3v) is 3.14. The number of hydrazine groups is 1. The average Bonchev–Trinajstić information content (AvgIpc) is 2.39. The summed E-state index contributed by atoms with van der Waals surface area (Å²) in [7, 11) is 0. The molecule has 2 rings (SSSR count). The summed E-state index contributed by atoms with van der Waals surface area (Å²) >= 11 is 3.43. The average molecular weight is 285 g/mol. The van der Waals surface area contributed by atoms with Gasteiger partial charge in [-0.3, -0.25) is 5.01 Å². The molecular formula is C10H13BrN4O. The van der Waals surface area contributed by atoms with Crippen molar-refractivity contribution in [2.75, 3.05) is 6.61 Å².